The molecule has 0 aliphatic rings. The number of furan rings is 1. The summed E-state index contributed by atoms with van der Waals surface area (Å²) in [6.45, 7) is 0. The summed E-state index contributed by atoms with van der Waals surface area (Å²) in [5, 5.41) is 7.37. The number of fused-ring (bicyclic) bond motifs is 10. The number of benzene rings is 6. The number of rotatable bonds is 3. The predicted molar refractivity (Wildman–Crippen MR) is 174 cm³/mol. The van der Waals surface area contributed by atoms with Crippen LogP contribution in [0.25, 0.3) is 88.7 Å². The van der Waals surface area contributed by atoms with Gasteiger partial charge >= 0.3 is 0 Å². The van der Waals surface area contributed by atoms with Crippen molar-refractivity contribution in [2.24, 2.45) is 0 Å². The monoisotopic (exact) mass is 550 g/mol. The van der Waals surface area contributed by atoms with Gasteiger partial charge in [0.05, 0.1) is 5.52 Å². The number of pyridine rings is 1. The topological polar surface area (TPSA) is 64.7 Å². The Bertz CT molecular complexity index is 2450. The second kappa shape index (κ2) is 9.29. The van der Waals surface area contributed by atoms with Gasteiger partial charge in [-0.2, -0.15) is 0 Å². The molecule has 0 fully saturated rings. The van der Waals surface area contributed by atoms with E-state index in [9.17, 15) is 0 Å². The van der Waals surface area contributed by atoms with E-state index >= 15 is 0 Å². The molecule has 5 nitrogen and oxygen atoms in total. The van der Waals surface area contributed by atoms with Crippen LogP contribution in [-0.2, 0) is 0 Å². The number of para-hydroxylation sites is 2. The summed E-state index contributed by atoms with van der Waals surface area (Å²) in [6.07, 6.45) is 0. The van der Waals surface area contributed by atoms with Crippen molar-refractivity contribution in [1.82, 2.24) is 19.9 Å². The maximum Gasteiger partial charge on any atom is 0.183 e. The van der Waals surface area contributed by atoms with Gasteiger partial charge in [-0.15, -0.1) is 0 Å². The van der Waals surface area contributed by atoms with Crippen molar-refractivity contribution in [1.29, 1.82) is 0 Å². The zero-order chi connectivity index (χ0) is 28.3. The molecule has 0 amide bonds. The molecule has 0 spiro atoms. The molecule has 3 aromatic heterocycles. The quantitative estimate of drug-likeness (QED) is 0.205. The van der Waals surface area contributed by atoms with E-state index in [4.69, 9.17) is 24.4 Å². The fourth-order valence-corrected chi connectivity index (χ4v) is 6.19. The van der Waals surface area contributed by atoms with Crippen molar-refractivity contribution in [3.63, 3.8) is 0 Å². The molecule has 0 aliphatic heterocycles. The summed E-state index contributed by atoms with van der Waals surface area (Å²) in [6, 6.07) is 45.0. The SMILES string of the molecule is c1ccc(-c2nc(-c3ccccc3)nc(-c3nc4ccccc4c4c5ccccc5c5oc6ccccc6c5c34)n2)cc1. The third-order valence-electron chi connectivity index (χ3n) is 8.09. The molecule has 0 unspecified atom stereocenters. The third-order valence-corrected chi connectivity index (χ3v) is 8.09. The first-order valence-electron chi connectivity index (χ1n) is 14.3. The summed E-state index contributed by atoms with van der Waals surface area (Å²) < 4.78 is 6.58. The molecule has 5 heteroatoms. The van der Waals surface area contributed by atoms with Crippen LogP contribution in [-0.4, -0.2) is 19.9 Å². The minimum atomic E-state index is 0.519. The van der Waals surface area contributed by atoms with Gasteiger partial charge in [-0.25, -0.2) is 19.9 Å². The van der Waals surface area contributed by atoms with E-state index in [-0.39, 0.29) is 0 Å². The second-order valence-electron chi connectivity index (χ2n) is 10.6. The lowest BCUT2D eigenvalue weighted by molar-refractivity contribution is 0.673. The third kappa shape index (κ3) is 3.65. The zero-order valence-electron chi connectivity index (χ0n) is 22.9. The lowest BCUT2D eigenvalue weighted by Crippen LogP contribution is -2.02. The van der Waals surface area contributed by atoms with Gasteiger partial charge in [-0.1, -0.05) is 121 Å². The molecule has 0 N–H and O–H groups in total. The van der Waals surface area contributed by atoms with Gasteiger partial charge in [0.15, 0.2) is 17.5 Å². The van der Waals surface area contributed by atoms with Crippen LogP contribution < -0.4 is 0 Å². The molecule has 0 atom stereocenters. The molecule has 9 rings (SSSR count). The first kappa shape index (κ1) is 23.7. The lowest BCUT2D eigenvalue weighted by Gasteiger charge is -2.14. The summed E-state index contributed by atoms with van der Waals surface area (Å²) in [5.41, 5.74) is 5.08. The van der Waals surface area contributed by atoms with Crippen molar-refractivity contribution in [3.8, 4) is 34.3 Å². The fraction of sp³-hybridized carbons (Fsp3) is 0. The van der Waals surface area contributed by atoms with Gasteiger partial charge in [0, 0.05) is 43.4 Å². The van der Waals surface area contributed by atoms with E-state index in [2.05, 4.69) is 54.6 Å². The van der Waals surface area contributed by atoms with E-state index in [0.717, 1.165) is 65.5 Å². The predicted octanol–water partition coefficient (Wildman–Crippen LogP) is 9.63. The number of hydrogen-bond donors (Lipinski definition) is 0. The number of aromatic nitrogens is 4. The Labute approximate surface area is 246 Å². The van der Waals surface area contributed by atoms with Crippen LogP contribution in [0.1, 0.15) is 0 Å². The average Bonchev–Trinajstić information content (AvgIpc) is 3.48. The Morgan fingerprint density at radius 3 is 1.60 bits per heavy atom. The molecule has 0 saturated carbocycles. The van der Waals surface area contributed by atoms with Crippen LogP contribution in [0.15, 0.2) is 138 Å². The number of hydrogen-bond acceptors (Lipinski definition) is 5. The molecule has 3 heterocycles. The van der Waals surface area contributed by atoms with Crippen LogP contribution >= 0.6 is 0 Å². The maximum absolute atomic E-state index is 6.58. The molecule has 43 heavy (non-hydrogen) atoms. The van der Waals surface area contributed by atoms with Crippen LogP contribution in [0.3, 0.4) is 0 Å². The molecule has 0 aliphatic carbocycles. The Hall–Kier alpha value is -5.94. The van der Waals surface area contributed by atoms with Crippen LogP contribution in [0.2, 0.25) is 0 Å². The molecule has 9 aromatic rings. The Balaban J connectivity index is 1.51. The van der Waals surface area contributed by atoms with Crippen molar-refractivity contribution in [3.05, 3.63) is 133 Å². The van der Waals surface area contributed by atoms with Crippen molar-refractivity contribution >= 4 is 54.4 Å². The largest absolute Gasteiger partial charge is 0.455 e. The summed E-state index contributed by atoms with van der Waals surface area (Å²) in [4.78, 5) is 20.4. The summed E-state index contributed by atoms with van der Waals surface area (Å²) in [7, 11) is 0. The second-order valence-corrected chi connectivity index (χ2v) is 10.6. The molecule has 6 aromatic carbocycles. The van der Waals surface area contributed by atoms with Gasteiger partial charge in [0.25, 0.3) is 0 Å². The highest BCUT2D eigenvalue weighted by Crippen LogP contribution is 2.45. The van der Waals surface area contributed by atoms with E-state index in [1.54, 1.807) is 0 Å². The highest BCUT2D eigenvalue weighted by Gasteiger charge is 2.23. The van der Waals surface area contributed by atoms with Crippen molar-refractivity contribution in [2.45, 2.75) is 0 Å². The molecule has 0 radical (unpaired) electrons. The van der Waals surface area contributed by atoms with Crippen LogP contribution in [0.4, 0.5) is 0 Å². The van der Waals surface area contributed by atoms with E-state index < -0.39 is 0 Å². The Morgan fingerprint density at radius 1 is 0.372 bits per heavy atom. The highest BCUT2D eigenvalue weighted by atomic mass is 16.3. The van der Waals surface area contributed by atoms with Gasteiger partial charge in [-0.3, -0.25) is 0 Å². The highest BCUT2D eigenvalue weighted by molar-refractivity contribution is 6.36. The van der Waals surface area contributed by atoms with Gasteiger partial charge in [0.1, 0.15) is 16.9 Å². The maximum atomic E-state index is 6.58. The normalized spacial score (nSPS) is 11.7. The summed E-state index contributed by atoms with van der Waals surface area (Å²) >= 11 is 0. The van der Waals surface area contributed by atoms with Gasteiger partial charge in [-0.05, 0) is 17.5 Å². The first-order valence-corrected chi connectivity index (χ1v) is 14.3. The van der Waals surface area contributed by atoms with Crippen LogP contribution in [0, 0.1) is 0 Å². The minimum Gasteiger partial charge on any atom is -0.455 e. The van der Waals surface area contributed by atoms with E-state index in [0.29, 0.717) is 23.2 Å². The average molecular weight is 551 g/mol. The van der Waals surface area contributed by atoms with Crippen LogP contribution in [0.5, 0.6) is 0 Å². The Morgan fingerprint density at radius 2 is 0.907 bits per heavy atom. The van der Waals surface area contributed by atoms with E-state index in [1.165, 1.54) is 0 Å². The smallest absolute Gasteiger partial charge is 0.183 e. The van der Waals surface area contributed by atoms with Gasteiger partial charge < -0.3 is 4.42 Å². The fourth-order valence-electron chi connectivity index (χ4n) is 6.19. The zero-order valence-corrected chi connectivity index (χ0v) is 22.9. The molecule has 0 bridgehead atoms. The molecule has 200 valence electrons. The van der Waals surface area contributed by atoms with Gasteiger partial charge in [0.2, 0.25) is 0 Å². The van der Waals surface area contributed by atoms with E-state index in [1.807, 2.05) is 78.9 Å². The lowest BCUT2D eigenvalue weighted by atomic mass is 9.93. The molecular weight excluding hydrogens is 528 g/mol. The standard InChI is InChI=1S/C38H22N4O/c1-3-13-23(14-4-1)36-40-37(24-15-5-2-6-16-24)42-38(41-36)34-33-31(27-19-9-11-21-29(27)39-34)25-17-7-8-18-26(25)35-32(33)28-20-10-12-22-30(28)43-35/h1-22H. The molecule has 0 saturated heterocycles. The Kier molecular flexibility index (Phi) is 5.13. The first-order chi connectivity index (χ1) is 21.3. The van der Waals surface area contributed by atoms with Crippen molar-refractivity contribution in [2.75, 3.05) is 0 Å². The molecular formula is C38H22N4O. The minimum absolute atomic E-state index is 0.519. The number of nitrogens with zero attached hydrogens (tertiary/aromatic N) is 4. The van der Waals surface area contributed by atoms with Crippen molar-refractivity contribution < 1.29 is 4.42 Å². The summed E-state index contributed by atoms with van der Waals surface area (Å²) in [5.74, 6) is 1.72.